The summed E-state index contributed by atoms with van der Waals surface area (Å²) < 4.78 is 44.8. The summed E-state index contributed by atoms with van der Waals surface area (Å²) in [5, 5.41) is 3.68. The lowest BCUT2D eigenvalue weighted by Crippen LogP contribution is -2.54. The average molecular weight is 571 g/mol. The van der Waals surface area contributed by atoms with Crippen molar-refractivity contribution in [2.24, 2.45) is 4.99 Å². The van der Waals surface area contributed by atoms with Gasteiger partial charge in [0, 0.05) is 32.6 Å². The maximum Gasteiger partial charge on any atom is 0.450 e. The maximum absolute atomic E-state index is 13.2. The van der Waals surface area contributed by atoms with Crippen LogP contribution in [0.3, 0.4) is 0 Å². The molecular weight excluding hydrogens is 545 g/mol. The molecule has 4 aliphatic rings. The first-order chi connectivity index (χ1) is 19.6. The van der Waals surface area contributed by atoms with Crippen LogP contribution in [0.15, 0.2) is 47.5 Å². The van der Waals surface area contributed by atoms with Crippen LogP contribution in [0.2, 0.25) is 0 Å². The summed E-state index contributed by atoms with van der Waals surface area (Å²) >= 11 is 0. The molecule has 2 atom stereocenters. The Morgan fingerprint density at radius 2 is 1.73 bits per heavy atom. The number of nitrogens with one attached hydrogen (secondary N) is 2. The number of imide groups is 2. The first-order valence-electron chi connectivity index (χ1n) is 13.0. The van der Waals surface area contributed by atoms with E-state index in [0.717, 1.165) is 16.0 Å². The van der Waals surface area contributed by atoms with Gasteiger partial charge in [0.1, 0.15) is 24.6 Å². The lowest BCUT2D eigenvalue weighted by Gasteiger charge is -2.35. The molecule has 6 rings (SSSR count). The number of piperidine rings is 1. The van der Waals surface area contributed by atoms with Crippen LogP contribution in [0.25, 0.3) is 0 Å². The van der Waals surface area contributed by atoms with E-state index in [1.54, 1.807) is 12.1 Å². The fraction of sp³-hybridized carbons (Fsp3) is 0.370. The van der Waals surface area contributed by atoms with E-state index in [9.17, 15) is 32.3 Å². The van der Waals surface area contributed by atoms with Gasteiger partial charge in [0.15, 0.2) is 0 Å². The third kappa shape index (κ3) is 5.15. The summed E-state index contributed by atoms with van der Waals surface area (Å²) in [6.45, 7) is 2.00. The second kappa shape index (κ2) is 10.3. The summed E-state index contributed by atoms with van der Waals surface area (Å²) in [7, 11) is 0. The Bertz CT molecular complexity index is 1460. The van der Waals surface area contributed by atoms with Gasteiger partial charge in [-0.1, -0.05) is 30.3 Å². The number of amidine groups is 1. The van der Waals surface area contributed by atoms with Crippen molar-refractivity contribution in [1.29, 1.82) is 0 Å². The molecule has 2 saturated heterocycles. The molecule has 4 amide bonds. The van der Waals surface area contributed by atoms with Gasteiger partial charge < -0.3 is 4.74 Å². The molecule has 0 aromatic heterocycles. The summed E-state index contributed by atoms with van der Waals surface area (Å²) in [6, 6.07) is 11.1. The number of aliphatic imine (C=N–C) groups is 1. The number of fused-ring (bicyclic) bond motifs is 2. The topological polar surface area (TPSA) is 124 Å². The van der Waals surface area contributed by atoms with Gasteiger partial charge in [-0.2, -0.15) is 18.2 Å². The Labute approximate surface area is 231 Å². The molecule has 2 aromatic carbocycles. The monoisotopic (exact) mass is 570 g/mol. The quantitative estimate of drug-likeness (QED) is 0.502. The molecule has 4 aliphatic heterocycles. The number of alkyl halides is 3. The normalized spacial score (nSPS) is 23.2. The molecule has 0 radical (unpaired) electrons. The number of hydrazine groups is 1. The van der Waals surface area contributed by atoms with E-state index in [0.29, 0.717) is 26.2 Å². The van der Waals surface area contributed by atoms with Crippen molar-refractivity contribution in [2.45, 2.75) is 44.4 Å². The van der Waals surface area contributed by atoms with Crippen molar-refractivity contribution in [3.8, 4) is 5.75 Å². The Hall–Kier alpha value is -4.30. The van der Waals surface area contributed by atoms with Crippen LogP contribution in [-0.4, -0.2) is 82.3 Å². The van der Waals surface area contributed by atoms with Gasteiger partial charge in [-0.15, -0.1) is 0 Å². The predicted molar refractivity (Wildman–Crippen MR) is 136 cm³/mol. The van der Waals surface area contributed by atoms with Crippen LogP contribution in [-0.2, 0) is 22.7 Å². The zero-order chi connectivity index (χ0) is 28.9. The minimum Gasteiger partial charge on any atom is -0.488 e. The lowest BCUT2D eigenvalue weighted by atomic mass is 10.0. The fourth-order valence-electron chi connectivity index (χ4n) is 5.42. The Kier molecular flexibility index (Phi) is 6.74. The van der Waals surface area contributed by atoms with Crippen molar-refractivity contribution >= 4 is 29.5 Å². The van der Waals surface area contributed by atoms with E-state index < -0.39 is 47.8 Å². The van der Waals surface area contributed by atoms with E-state index in [1.165, 1.54) is 11.1 Å². The van der Waals surface area contributed by atoms with Crippen molar-refractivity contribution in [3.63, 3.8) is 0 Å². The minimum absolute atomic E-state index is 0.0318. The highest BCUT2D eigenvalue weighted by atomic mass is 19.4. The number of benzene rings is 2. The van der Waals surface area contributed by atoms with Crippen LogP contribution in [0.1, 0.15) is 44.7 Å². The van der Waals surface area contributed by atoms with Gasteiger partial charge in [-0.25, -0.2) is 4.99 Å². The molecule has 2 aromatic rings. The van der Waals surface area contributed by atoms with Crippen LogP contribution in [0.5, 0.6) is 5.75 Å². The molecular formula is C27H25F3N6O5. The van der Waals surface area contributed by atoms with E-state index >= 15 is 0 Å². The third-order valence-corrected chi connectivity index (χ3v) is 7.49. The van der Waals surface area contributed by atoms with Gasteiger partial charge in [0.05, 0.1) is 11.1 Å². The SMILES string of the molecule is O=C1CCC(N2C(=O)c3cccc(OCc4ccc(CN5CCN6NC(C(F)(F)F)=NC6C5)cc4)c3C2=O)C(=O)N1. The largest absolute Gasteiger partial charge is 0.488 e. The van der Waals surface area contributed by atoms with Gasteiger partial charge >= 0.3 is 6.18 Å². The second-order valence-corrected chi connectivity index (χ2v) is 10.2. The lowest BCUT2D eigenvalue weighted by molar-refractivity contribution is -0.136. The zero-order valence-electron chi connectivity index (χ0n) is 21.6. The summed E-state index contributed by atoms with van der Waals surface area (Å²) in [5.41, 5.74) is 4.32. The number of piperazine rings is 1. The van der Waals surface area contributed by atoms with Crippen LogP contribution < -0.4 is 15.5 Å². The van der Waals surface area contributed by atoms with Gasteiger partial charge in [0.2, 0.25) is 17.6 Å². The third-order valence-electron chi connectivity index (χ3n) is 7.49. The highest BCUT2D eigenvalue weighted by Gasteiger charge is 2.46. The van der Waals surface area contributed by atoms with Crippen LogP contribution in [0, 0.1) is 0 Å². The first kappa shape index (κ1) is 26.9. The van der Waals surface area contributed by atoms with Crippen molar-refractivity contribution in [3.05, 3.63) is 64.7 Å². The number of nitrogens with zero attached hydrogens (tertiary/aromatic N) is 4. The average Bonchev–Trinajstić information content (AvgIpc) is 3.48. The van der Waals surface area contributed by atoms with Crippen LogP contribution in [0.4, 0.5) is 13.2 Å². The number of amides is 4. The number of rotatable bonds is 6. The fourth-order valence-corrected chi connectivity index (χ4v) is 5.42. The molecule has 2 unspecified atom stereocenters. The molecule has 14 heteroatoms. The number of hydrogen-bond acceptors (Lipinski definition) is 9. The standard InChI is InChI=1S/C27H25F3N6O5/c28-27(29,30)26-31-20-13-34(10-11-35(20)33-26)12-15-4-6-16(7-5-15)14-41-19-3-1-2-17-22(19)25(40)36(24(17)39)18-8-9-21(37)32-23(18)38/h1-7,18,20H,8-14H2,(H,31,33)(H,32,37,38). The van der Waals surface area contributed by atoms with E-state index in [1.807, 2.05) is 29.2 Å². The molecule has 0 bridgehead atoms. The number of hydrogen-bond donors (Lipinski definition) is 2. The highest BCUT2D eigenvalue weighted by Crippen LogP contribution is 2.34. The van der Waals surface area contributed by atoms with E-state index in [-0.39, 0.29) is 36.3 Å². The van der Waals surface area contributed by atoms with Crippen LogP contribution >= 0.6 is 0 Å². The molecule has 2 N–H and O–H groups in total. The van der Waals surface area contributed by atoms with E-state index in [2.05, 4.69) is 15.7 Å². The number of carbonyl (C=O) groups is 4. The molecule has 41 heavy (non-hydrogen) atoms. The summed E-state index contributed by atoms with van der Waals surface area (Å²) in [6.07, 6.45) is -5.01. The first-order valence-corrected chi connectivity index (χ1v) is 13.0. The number of carbonyl (C=O) groups excluding carboxylic acids is 4. The number of ether oxygens (including phenoxy) is 1. The molecule has 214 valence electrons. The molecule has 4 heterocycles. The van der Waals surface area contributed by atoms with Gasteiger partial charge in [0.25, 0.3) is 11.8 Å². The minimum atomic E-state index is -4.50. The smallest absolute Gasteiger partial charge is 0.450 e. The molecule has 0 aliphatic carbocycles. The van der Waals surface area contributed by atoms with Crippen molar-refractivity contribution in [2.75, 3.05) is 19.6 Å². The predicted octanol–water partition coefficient (Wildman–Crippen LogP) is 1.59. The highest BCUT2D eigenvalue weighted by molar-refractivity contribution is 6.24. The Morgan fingerprint density at radius 1 is 0.976 bits per heavy atom. The zero-order valence-corrected chi connectivity index (χ0v) is 21.6. The molecule has 0 spiro atoms. The van der Waals surface area contributed by atoms with Crippen molar-refractivity contribution in [1.82, 2.24) is 25.6 Å². The van der Waals surface area contributed by atoms with Gasteiger partial charge in [-0.05, 0) is 29.7 Å². The molecule has 0 saturated carbocycles. The van der Waals surface area contributed by atoms with Crippen molar-refractivity contribution < 1.29 is 37.1 Å². The second-order valence-electron chi connectivity index (χ2n) is 10.2. The summed E-state index contributed by atoms with van der Waals surface area (Å²) in [4.78, 5) is 56.8. The Balaban J connectivity index is 1.08. The van der Waals surface area contributed by atoms with Gasteiger partial charge in [-0.3, -0.25) is 39.7 Å². The molecule has 11 nitrogen and oxygen atoms in total. The Morgan fingerprint density at radius 3 is 2.46 bits per heavy atom. The van der Waals surface area contributed by atoms with E-state index in [4.69, 9.17) is 4.74 Å². The maximum atomic E-state index is 13.2. The summed E-state index contributed by atoms with van der Waals surface area (Å²) in [5.74, 6) is -3.13. The molecule has 2 fully saturated rings. The number of halogens is 3.